The van der Waals surface area contributed by atoms with E-state index < -0.39 is 0 Å². The van der Waals surface area contributed by atoms with Gasteiger partial charge in [-0.1, -0.05) is 36.4 Å². The number of aryl methyl sites for hydroxylation is 1. The Hall–Kier alpha value is -3.56. The molecule has 0 spiro atoms. The molecule has 1 N–H and O–H groups in total. The number of ether oxygens (including phenoxy) is 3. The number of hydrogen-bond donors (Lipinski definition) is 1. The number of methoxy groups -OCH3 is 2. The lowest BCUT2D eigenvalue weighted by Crippen LogP contribution is -2.47. The first-order chi connectivity index (χ1) is 19.4. The molecule has 2 aromatic carbocycles. The fourth-order valence-corrected chi connectivity index (χ4v) is 5.16. The van der Waals surface area contributed by atoms with Gasteiger partial charge in [-0.05, 0) is 62.1 Å². The van der Waals surface area contributed by atoms with Crippen molar-refractivity contribution in [1.29, 1.82) is 0 Å². The Morgan fingerprint density at radius 1 is 0.900 bits per heavy atom. The van der Waals surface area contributed by atoms with E-state index in [1.807, 2.05) is 60.4 Å². The van der Waals surface area contributed by atoms with Gasteiger partial charge in [-0.15, -0.1) is 11.3 Å². The first-order valence-electron chi connectivity index (χ1n) is 13.6. The van der Waals surface area contributed by atoms with Gasteiger partial charge in [-0.3, -0.25) is 4.79 Å². The van der Waals surface area contributed by atoms with Gasteiger partial charge >= 0.3 is 6.03 Å². The SMILES string of the molecule is CCOCCCN(CC(=O)N(CCc1ccc(OC)c(OC)c1)Cc1ccc(C)s1)C(=O)NCc1ccccc1. The number of urea groups is 1. The topological polar surface area (TPSA) is 80.3 Å². The molecule has 216 valence electrons. The molecule has 1 heterocycles. The molecule has 0 aliphatic rings. The zero-order valence-corrected chi connectivity index (χ0v) is 24.8. The maximum Gasteiger partial charge on any atom is 0.318 e. The molecule has 0 radical (unpaired) electrons. The highest BCUT2D eigenvalue weighted by Gasteiger charge is 2.22. The van der Waals surface area contributed by atoms with Crippen LogP contribution in [0.1, 0.15) is 34.2 Å². The van der Waals surface area contributed by atoms with Crippen molar-refractivity contribution < 1.29 is 23.8 Å². The van der Waals surface area contributed by atoms with Crippen LogP contribution in [-0.2, 0) is 29.0 Å². The van der Waals surface area contributed by atoms with Gasteiger partial charge < -0.3 is 29.3 Å². The van der Waals surface area contributed by atoms with Gasteiger partial charge in [0.25, 0.3) is 0 Å². The van der Waals surface area contributed by atoms with Crippen molar-refractivity contribution in [3.63, 3.8) is 0 Å². The molecule has 9 heteroatoms. The molecular weight excluding hydrogens is 526 g/mol. The van der Waals surface area contributed by atoms with Crippen molar-refractivity contribution in [2.24, 2.45) is 0 Å². The van der Waals surface area contributed by atoms with Crippen LogP contribution in [-0.4, -0.2) is 68.8 Å². The number of carbonyl (C=O) groups is 2. The summed E-state index contributed by atoms with van der Waals surface area (Å²) in [4.78, 5) is 32.6. The Balaban J connectivity index is 1.72. The summed E-state index contributed by atoms with van der Waals surface area (Å²) in [6.07, 6.45) is 1.29. The fourth-order valence-electron chi connectivity index (χ4n) is 4.25. The molecule has 8 nitrogen and oxygen atoms in total. The smallest absolute Gasteiger partial charge is 0.318 e. The number of amides is 3. The van der Waals surface area contributed by atoms with Gasteiger partial charge in [0.05, 0.1) is 20.8 Å². The fraction of sp³-hybridized carbons (Fsp3) is 0.419. The second-order valence-electron chi connectivity index (χ2n) is 9.38. The number of hydrogen-bond acceptors (Lipinski definition) is 6. The van der Waals surface area contributed by atoms with Crippen LogP contribution in [0.15, 0.2) is 60.7 Å². The van der Waals surface area contributed by atoms with E-state index in [-0.39, 0.29) is 18.5 Å². The van der Waals surface area contributed by atoms with Gasteiger partial charge in [0.2, 0.25) is 5.91 Å². The van der Waals surface area contributed by atoms with Crippen LogP contribution in [0.25, 0.3) is 0 Å². The van der Waals surface area contributed by atoms with E-state index in [0.29, 0.717) is 63.7 Å². The summed E-state index contributed by atoms with van der Waals surface area (Å²) in [5.74, 6) is 1.22. The number of rotatable bonds is 16. The predicted octanol–water partition coefficient (Wildman–Crippen LogP) is 5.28. The Morgan fingerprint density at radius 3 is 2.35 bits per heavy atom. The van der Waals surface area contributed by atoms with E-state index >= 15 is 0 Å². The summed E-state index contributed by atoms with van der Waals surface area (Å²) >= 11 is 1.68. The molecule has 0 saturated heterocycles. The highest BCUT2D eigenvalue weighted by atomic mass is 32.1. The number of benzene rings is 2. The Morgan fingerprint density at radius 2 is 1.68 bits per heavy atom. The Bertz CT molecular complexity index is 1200. The number of nitrogens with zero attached hydrogens (tertiary/aromatic N) is 2. The van der Waals surface area contributed by atoms with Crippen molar-refractivity contribution in [2.45, 2.75) is 39.8 Å². The second-order valence-corrected chi connectivity index (χ2v) is 10.8. The summed E-state index contributed by atoms with van der Waals surface area (Å²) in [5, 5.41) is 2.97. The van der Waals surface area contributed by atoms with Crippen LogP contribution in [0.4, 0.5) is 4.79 Å². The maximum absolute atomic E-state index is 13.7. The molecule has 0 aliphatic carbocycles. The van der Waals surface area contributed by atoms with Crippen molar-refractivity contribution in [3.05, 3.63) is 81.5 Å². The summed E-state index contributed by atoms with van der Waals surface area (Å²) in [6, 6.07) is 19.4. The summed E-state index contributed by atoms with van der Waals surface area (Å²) in [7, 11) is 3.22. The molecule has 3 amide bonds. The predicted molar refractivity (Wildman–Crippen MR) is 159 cm³/mol. The van der Waals surface area contributed by atoms with Crippen LogP contribution in [0.2, 0.25) is 0 Å². The molecule has 0 bridgehead atoms. The van der Waals surface area contributed by atoms with Crippen molar-refractivity contribution in [3.8, 4) is 11.5 Å². The van der Waals surface area contributed by atoms with Gasteiger partial charge in [-0.2, -0.15) is 0 Å². The summed E-state index contributed by atoms with van der Waals surface area (Å²) in [6.45, 7) is 6.95. The van der Waals surface area contributed by atoms with E-state index in [1.54, 1.807) is 30.5 Å². The van der Waals surface area contributed by atoms with E-state index in [4.69, 9.17) is 14.2 Å². The van der Waals surface area contributed by atoms with Crippen LogP contribution < -0.4 is 14.8 Å². The zero-order chi connectivity index (χ0) is 28.7. The molecule has 0 saturated carbocycles. The normalized spacial score (nSPS) is 10.7. The third-order valence-corrected chi connectivity index (χ3v) is 7.42. The maximum atomic E-state index is 13.7. The lowest BCUT2D eigenvalue weighted by atomic mass is 10.1. The molecule has 0 atom stereocenters. The van der Waals surface area contributed by atoms with E-state index in [0.717, 1.165) is 16.0 Å². The Kier molecular flexibility index (Phi) is 12.8. The summed E-state index contributed by atoms with van der Waals surface area (Å²) < 4.78 is 16.3. The molecule has 3 aromatic rings. The largest absolute Gasteiger partial charge is 0.493 e. The van der Waals surface area contributed by atoms with Gasteiger partial charge in [-0.25, -0.2) is 4.79 Å². The molecule has 0 unspecified atom stereocenters. The van der Waals surface area contributed by atoms with Crippen LogP contribution in [0, 0.1) is 6.92 Å². The number of nitrogens with one attached hydrogen (secondary N) is 1. The van der Waals surface area contributed by atoms with Crippen LogP contribution in [0.5, 0.6) is 11.5 Å². The van der Waals surface area contributed by atoms with E-state index in [2.05, 4.69) is 24.4 Å². The third kappa shape index (κ3) is 9.88. The monoisotopic (exact) mass is 567 g/mol. The molecule has 0 fully saturated rings. The lowest BCUT2D eigenvalue weighted by molar-refractivity contribution is -0.132. The highest BCUT2D eigenvalue weighted by Crippen LogP contribution is 2.28. The number of carbonyl (C=O) groups excluding carboxylic acids is 2. The molecule has 0 aliphatic heterocycles. The minimum atomic E-state index is -0.263. The first-order valence-corrected chi connectivity index (χ1v) is 14.4. The van der Waals surface area contributed by atoms with Crippen LogP contribution >= 0.6 is 11.3 Å². The Labute approximate surface area is 241 Å². The molecule has 1 aromatic heterocycles. The first kappa shape index (κ1) is 31.0. The van der Waals surface area contributed by atoms with Crippen molar-refractivity contribution >= 4 is 23.3 Å². The second kappa shape index (κ2) is 16.5. The third-order valence-electron chi connectivity index (χ3n) is 6.43. The quantitative estimate of drug-likeness (QED) is 0.238. The lowest BCUT2D eigenvalue weighted by Gasteiger charge is -2.28. The van der Waals surface area contributed by atoms with Gasteiger partial charge in [0.1, 0.15) is 6.54 Å². The van der Waals surface area contributed by atoms with Gasteiger partial charge in [0.15, 0.2) is 11.5 Å². The van der Waals surface area contributed by atoms with Gasteiger partial charge in [0, 0.05) is 42.6 Å². The average Bonchev–Trinajstić information content (AvgIpc) is 3.40. The van der Waals surface area contributed by atoms with Crippen LogP contribution in [0.3, 0.4) is 0 Å². The number of thiophene rings is 1. The standard InChI is InChI=1S/C31H41N3O5S/c1-5-39-19-9-17-34(31(36)32-21-26-10-7-6-8-11-26)23-30(35)33(22-27-14-12-24(2)40-27)18-16-25-13-15-28(37-3)29(20-25)38-4/h6-8,10-15,20H,5,9,16-19,21-23H2,1-4H3,(H,32,36). The average molecular weight is 568 g/mol. The molecule has 3 rings (SSSR count). The minimum Gasteiger partial charge on any atom is -0.493 e. The molecule has 40 heavy (non-hydrogen) atoms. The van der Waals surface area contributed by atoms with E-state index in [1.165, 1.54) is 4.88 Å². The zero-order valence-electron chi connectivity index (χ0n) is 24.0. The van der Waals surface area contributed by atoms with Crippen molar-refractivity contribution in [1.82, 2.24) is 15.1 Å². The van der Waals surface area contributed by atoms with E-state index in [9.17, 15) is 9.59 Å². The minimum absolute atomic E-state index is 0.0109. The molecular formula is C31H41N3O5S. The summed E-state index contributed by atoms with van der Waals surface area (Å²) in [5.41, 5.74) is 2.04. The highest BCUT2D eigenvalue weighted by molar-refractivity contribution is 7.11. The van der Waals surface area contributed by atoms with Crippen molar-refractivity contribution in [2.75, 3.05) is 47.1 Å².